The van der Waals surface area contributed by atoms with Crippen molar-refractivity contribution in [3.63, 3.8) is 0 Å². The fraction of sp³-hybridized carbons (Fsp3) is 0.542. The average Bonchev–Trinajstić information content (AvgIpc) is 2.80. The summed E-state index contributed by atoms with van der Waals surface area (Å²) in [5.41, 5.74) is 1.83. The summed E-state index contributed by atoms with van der Waals surface area (Å²) in [5, 5.41) is 3.08. The molecular weight excluding hydrogens is 408 g/mol. The molecule has 2 aromatic rings. The molecule has 0 aliphatic carbocycles. The zero-order chi connectivity index (χ0) is 22.9. The zero-order valence-electron chi connectivity index (χ0n) is 19.5. The summed E-state index contributed by atoms with van der Waals surface area (Å²) in [6.45, 7) is 11.1. The molecule has 1 aromatic heterocycles. The van der Waals surface area contributed by atoms with Crippen LogP contribution in [0.15, 0.2) is 24.4 Å². The third-order valence-corrected chi connectivity index (χ3v) is 5.29. The van der Waals surface area contributed by atoms with E-state index in [-0.39, 0.29) is 11.8 Å². The average molecular weight is 443 g/mol. The van der Waals surface area contributed by atoms with Gasteiger partial charge in [0, 0.05) is 31.5 Å². The van der Waals surface area contributed by atoms with Gasteiger partial charge in [-0.05, 0) is 64.3 Å². The molecule has 0 saturated carbocycles. The molecule has 32 heavy (non-hydrogen) atoms. The number of aromatic nitrogens is 2. The van der Waals surface area contributed by atoms with Crippen molar-refractivity contribution in [2.24, 2.45) is 5.92 Å². The molecule has 0 spiro atoms. The maximum Gasteiger partial charge on any atom is 0.225 e. The third-order valence-electron chi connectivity index (χ3n) is 5.29. The highest BCUT2D eigenvalue weighted by molar-refractivity contribution is 5.79. The molecule has 8 nitrogen and oxygen atoms in total. The molecule has 0 radical (unpaired) electrons. The number of nitrogens with zero attached hydrogens (tertiary/aromatic N) is 3. The van der Waals surface area contributed by atoms with E-state index in [0.717, 1.165) is 30.6 Å². The second-order valence-electron chi connectivity index (χ2n) is 7.72. The lowest BCUT2D eigenvalue weighted by molar-refractivity contribution is -0.125. The number of piperidine rings is 1. The quantitative estimate of drug-likeness (QED) is 0.603. The predicted octanol–water partition coefficient (Wildman–Crippen LogP) is 3.51. The Labute approximate surface area is 190 Å². The smallest absolute Gasteiger partial charge is 0.225 e. The number of rotatable bonds is 10. The first-order valence-electron chi connectivity index (χ1n) is 11.4. The summed E-state index contributed by atoms with van der Waals surface area (Å²) in [4.78, 5) is 23.9. The molecule has 1 amide bonds. The first kappa shape index (κ1) is 23.6. The summed E-state index contributed by atoms with van der Waals surface area (Å²) >= 11 is 0. The Bertz CT molecular complexity index is 878. The number of anilines is 1. The van der Waals surface area contributed by atoms with Gasteiger partial charge in [0.05, 0.1) is 25.7 Å². The van der Waals surface area contributed by atoms with Crippen molar-refractivity contribution in [2.45, 2.75) is 47.1 Å². The second kappa shape index (κ2) is 11.5. The van der Waals surface area contributed by atoms with E-state index < -0.39 is 0 Å². The van der Waals surface area contributed by atoms with E-state index in [1.54, 1.807) is 6.20 Å². The molecule has 3 rings (SSSR count). The molecule has 1 saturated heterocycles. The van der Waals surface area contributed by atoms with Gasteiger partial charge >= 0.3 is 0 Å². The number of carbonyl (C=O) groups is 1. The van der Waals surface area contributed by atoms with Crippen LogP contribution in [0.4, 0.5) is 5.95 Å². The van der Waals surface area contributed by atoms with Crippen LogP contribution in [-0.2, 0) is 11.3 Å². The van der Waals surface area contributed by atoms with Crippen LogP contribution in [0.3, 0.4) is 0 Å². The van der Waals surface area contributed by atoms with Crippen molar-refractivity contribution in [1.82, 2.24) is 15.3 Å². The number of nitrogens with one attached hydrogen (secondary N) is 1. The zero-order valence-corrected chi connectivity index (χ0v) is 19.5. The Balaban J connectivity index is 1.68. The molecule has 174 valence electrons. The largest absolute Gasteiger partial charge is 0.490 e. The molecule has 1 N–H and O–H groups in total. The maximum absolute atomic E-state index is 12.9. The Morgan fingerprint density at radius 1 is 1.12 bits per heavy atom. The van der Waals surface area contributed by atoms with Gasteiger partial charge in [-0.25, -0.2) is 9.97 Å². The van der Waals surface area contributed by atoms with Gasteiger partial charge in [0.25, 0.3) is 0 Å². The van der Waals surface area contributed by atoms with Crippen LogP contribution in [0.1, 0.15) is 44.9 Å². The van der Waals surface area contributed by atoms with Crippen LogP contribution < -0.4 is 24.4 Å². The molecule has 0 bridgehead atoms. The standard InChI is InChI=1S/C24H34N4O4/c1-5-30-20-13-18(14-21(31-6-2)22(20)32-7-3)15-26-23(29)19-9-8-12-28(16-19)24-25-11-10-17(4)27-24/h10-11,13-14,19H,5-9,12,15-16H2,1-4H3,(H,26,29). The molecule has 1 fully saturated rings. The highest BCUT2D eigenvalue weighted by Crippen LogP contribution is 2.39. The van der Waals surface area contributed by atoms with Crippen LogP contribution in [0.5, 0.6) is 17.2 Å². The summed E-state index contributed by atoms with van der Waals surface area (Å²) < 4.78 is 17.3. The van der Waals surface area contributed by atoms with E-state index in [1.165, 1.54) is 0 Å². The van der Waals surface area contributed by atoms with Gasteiger partial charge in [-0.2, -0.15) is 0 Å². The molecule has 1 aromatic carbocycles. The molecular formula is C24H34N4O4. The maximum atomic E-state index is 12.9. The van der Waals surface area contributed by atoms with Crippen molar-refractivity contribution < 1.29 is 19.0 Å². The van der Waals surface area contributed by atoms with Gasteiger partial charge in [-0.1, -0.05) is 0 Å². The normalized spacial score (nSPS) is 15.9. The van der Waals surface area contributed by atoms with E-state index in [4.69, 9.17) is 14.2 Å². The lowest BCUT2D eigenvalue weighted by Gasteiger charge is -2.32. The third kappa shape index (κ3) is 6.02. The molecule has 1 unspecified atom stereocenters. The number of aryl methyl sites for hydroxylation is 1. The number of amides is 1. The van der Waals surface area contributed by atoms with Crippen molar-refractivity contribution in [2.75, 3.05) is 37.8 Å². The summed E-state index contributed by atoms with van der Waals surface area (Å²) in [6, 6.07) is 5.69. The topological polar surface area (TPSA) is 85.8 Å². The minimum Gasteiger partial charge on any atom is -0.490 e. The van der Waals surface area contributed by atoms with E-state index in [2.05, 4.69) is 20.2 Å². The highest BCUT2D eigenvalue weighted by Gasteiger charge is 2.27. The lowest BCUT2D eigenvalue weighted by Crippen LogP contribution is -2.43. The Kier molecular flexibility index (Phi) is 8.53. The SMILES string of the molecule is CCOc1cc(CNC(=O)C2CCCN(c3nccc(C)n3)C2)cc(OCC)c1OCC. The van der Waals surface area contributed by atoms with Crippen LogP contribution >= 0.6 is 0 Å². The van der Waals surface area contributed by atoms with E-state index in [0.29, 0.717) is 56.1 Å². The molecule has 2 heterocycles. The van der Waals surface area contributed by atoms with Crippen molar-refractivity contribution in [1.29, 1.82) is 0 Å². The number of benzene rings is 1. The summed E-state index contributed by atoms with van der Waals surface area (Å²) in [6.07, 6.45) is 3.55. The first-order chi connectivity index (χ1) is 15.5. The molecule has 8 heteroatoms. The second-order valence-corrected chi connectivity index (χ2v) is 7.72. The first-order valence-corrected chi connectivity index (χ1v) is 11.4. The number of hydrogen-bond donors (Lipinski definition) is 1. The Morgan fingerprint density at radius 2 is 1.81 bits per heavy atom. The van der Waals surface area contributed by atoms with Crippen LogP contribution in [0.2, 0.25) is 0 Å². The van der Waals surface area contributed by atoms with Gasteiger partial charge in [0.15, 0.2) is 11.5 Å². The molecule has 1 aliphatic rings. The Hall–Kier alpha value is -3.03. The minimum atomic E-state index is -0.103. The van der Waals surface area contributed by atoms with Gasteiger partial charge in [-0.15, -0.1) is 0 Å². The van der Waals surface area contributed by atoms with E-state index in [1.807, 2.05) is 45.9 Å². The fourth-order valence-corrected chi connectivity index (χ4v) is 3.84. The van der Waals surface area contributed by atoms with Gasteiger partial charge in [0.1, 0.15) is 0 Å². The van der Waals surface area contributed by atoms with Gasteiger partial charge in [0.2, 0.25) is 17.6 Å². The monoisotopic (exact) mass is 442 g/mol. The number of carbonyl (C=O) groups excluding carboxylic acids is 1. The van der Waals surface area contributed by atoms with E-state index >= 15 is 0 Å². The van der Waals surface area contributed by atoms with Crippen molar-refractivity contribution in [3.8, 4) is 17.2 Å². The number of ether oxygens (including phenoxy) is 3. The van der Waals surface area contributed by atoms with Crippen LogP contribution in [-0.4, -0.2) is 48.8 Å². The van der Waals surface area contributed by atoms with Crippen LogP contribution in [0.25, 0.3) is 0 Å². The summed E-state index contributed by atoms with van der Waals surface area (Å²) in [7, 11) is 0. The molecule has 1 aliphatic heterocycles. The van der Waals surface area contributed by atoms with Crippen LogP contribution in [0, 0.1) is 12.8 Å². The predicted molar refractivity (Wildman–Crippen MR) is 124 cm³/mol. The lowest BCUT2D eigenvalue weighted by atomic mass is 9.97. The fourth-order valence-electron chi connectivity index (χ4n) is 3.84. The number of hydrogen-bond acceptors (Lipinski definition) is 7. The van der Waals surface area contributed by atoms with E-state index in [9.17, 15) is 4.79 Å². The highest BCUT2D eigenvalue weighted by atomic mass is 16.5. The summed E-state index contributed by atoms with van der Waals surface area (Å²) in [5.74, 6) is 2.49. The van der Waals surface area contributed by atoms with Crippen molar-refractivity contribution in [3.05, 3.63) is 35.7 Å². The van der Waals surface area contributed by atoms with Crippen molar-refractivity contribution >= 4 is 11.9 Å². The minimum absolute atomic E-state index is 0.0344. The molecule has 1 atom stereocenters. The van der Waals surface area contributed by atoms with Gasteiger partial charge < -0.3 is 24.4 Å². The van der Waals surface area contributed by atoms with Gasteiger partial charge in [-0.3, -0.25) is 4.79 Å². The Morgan fingerprint density at radius 3 is 2.44 bits per heavy atom.